The number of esters is 1. The van der Waals surface area contributed by atoms with Crippen molar-refractivity contribution in [3.8, 4) is 40.0 Å². The molecule has 38 heavy (non-hydrogen) atoms. The third-order valence-electron chi connectivity index (χ3n) is 5.76. The number of aromatic nitrogens is 2. The van der Waals surface area contributed by atoms with E-state index in [1.54, 1.807) is 36.4 Å². The van der Waals surface area contributed by atoms with Crippen LogP contribution >= 0.6 is 11.8 Å². The van der Waals surface area contributed by atoms with Crippen LogP contribution in [0, 0.1) is 11.3 Å². The Morgan fingerprint density at radius 1 is 1.00 bits per heavy atom. The molecule has 10 heteroatoms. The second-order valence-corrected chi connectivity index (χ2v) is 9.02. The number of anilines is 1. The first-order chi connectivity index (χ1) is 18.4. The molecule has 4 aromatic rings. The van der Waals surface area contributed by atoms with Crippen molar-refractivity contribution in [3.63, 3.8) is 0 Å². The summed E-state index contributed by atoms with van der Waals surface area (Å²) in [5.74, 6) is 0.868. The maximum absolute atomic E-state index is 12.7. The molecule has 0 aliphatic heterocycles. The Kier molecular flexibility index (Phi) is 7.99. The third kappa shape index (κ3) is 5.48. The van der Waals surface area contributed by atoms with Gasteiger partial charge in [-0.3, -0.25) is 4.79 Å². The van der Waals surface area contributed by atoms with E-state index in [-0.39, 0.29) is 11.3 Å². The normalized spacial score (nSPS) is 10.5. The Morgan fingerprint density at radius 3 is 2.24 bits per heavy atom. The number of nitrogens with two attached hydrogens (primary N) is 1. The van der Waals surface area contributed by atoms with Gasteiger partial charge in [0.25, 0.3) is 5.56 Å². The molecule has 4 rings (SSSR count). The SMILES string of the molecule is COC(=O)c1cc(OC)c(OC)cc1-c1ccc(-c2nc(SCc3ccc(N)cc3)[nH]c(=O)c2C#N)cc1. The number of rotatable bonds is 8. The highest BCUT2D eigenvalue weighted by molar-refractivity contribution is 7.98. The van der Waals surface area contributed by atoms with Gasteiger partial charge in [-0.2, -0.15) is 5.26 Å². The first-order valence-electron chi connectivity index (χ1n) is 11.3. The van der Waals surface area contributed by atoms with Crippen molar-refractivity contribution in [3.05, 3.63) is 87.7 Å². The van der Waals surface area contributed by atoms with E-state index >= 15 is 0 Å². The first-order valence-corrected chi connectivity index (χ1v) is 12.3. The summed E-state index contributed by atoms with van der Waals surface area (Å²) in [6.45, 7) is 0. The van der Waals surface area contributed by atoms with Crippen LogP contribution in [0.25, 0.3) is 22.4 Å². The van der Waals surface area contributed by atoms with Gasteiger partial charge in [0, 0.05) is 22.6 Å². The van der Waals surface area contributed by atoms with Gasteiger partial charge in [0.05, 0.1) is 32.6 Å². The van der Waals surface area contributed by atoms with Crippen molar-refractivity contribution in [2.45, 2.75) is 10.9 Å². The molecule has 1 heterocycles. The summed E-state index contributed by atoms with van der Waals surface area (Å²) in [7, 11) is 4.29. The Labute approximate surface area is 223 Å². The van der Waals surface area contributed by atoms with Crippen LogP contribution < -0.4 is 20.8 Å². The molecule has 192 valence electrons. The van der Waals surface area contributed by atoms with Crippen molar-refractivity contribution in [1.82, 2.24) is 9.97 Å². The lowest BCUT2D eigenvalue weighted by atomic mass is 9.96. The minimum Gasteiger partial charge on any atom is -0.493 e. The minimum absolute atomic E-state index is 0.0871. The monoisotopic (exact) mass is 528 g/mol. The predicted molar refractivity (Wildman–Crippen MR) is 145 cm³/mol. The molecule has 0 amide bonds. The first kappa shape index (κ1) is 26.3. The number of carbonyl (C=O) groups excluding carboxylic acids is 1. The fourth-order valence-electron chi connectivity index (χ4n) is 3.80. The molecule has 0 unspecified atom stereocenters. The minimum atomic E-state index is -0.532. The van der Waals surface area contributed by atoms with Crippen molar-refractivity contribution in [2.75, 3.05) is 27.1 Å². The van der Waals surface area contributed by atoms with Gasteiger partial charge in [-0.05, 0) is 35.4 Å². The van der Waals surface area contributed by atoms with E-state index in [2.05, 4.69) is 9.97 Å². The zero-order valence-electron chi connectivity index (χ0n) is 20.9. The number of benzene rings is 3. The second-order valence-electron chi connectivity index (χ2n) is 8.06. The molecular formula is C28H24N4O5S. The highest BCUT2D eigenvalue weighted by atomic mass is 32.2. The maximum Gasteiger partial charge on any atom is 0.338 e. The molecule has 0 fully saturated rings. The van der Waals surface area contributed by atoms with Crippen molar-refractivity contribution < 1.29 is 19.0 Å². The lowest BCUT2D eigenvalue weighted by Crippen LogP contribution is -2.14. The highest BCUT2D eigenvalue weighted by Gasteiger charge is 2.20. The van der Waals surface area contributed by atoms with E-state index in [4.69, 9.17) is 19.9 Å². The zero-order valence-corrected chi connectivity index (χ0v) is 21.7. The van der Waals surface area contributed by atoms with Crippen LogP contribution in [0.4, 0.5) is 5.69 Å². The number of methoxy groups -OCH3 is 3. The molecule has 0 bridgehead atoms. The topological polar surface area (TPSA) is 140 Å². The molecule has 3 N–H and O–H groups in total. The van der Waals surface area contributed by atoms with Crippen LogP contribution in [-0.2, 0) is 10.5 Å². The van der Waals surface area contributed by atoms with E-state index in [0.29, 0.717) is 50.3 Å². The van der Waals surface area contributed by atoms with E-state index < -0.39 is 11.5 Å². The van der Waals surface area contributed by atoms with Crippen molar-refractivity contribution in [1.29, 1.82) is 5.26 Å². The average Bonchev–Trinajstić information content (AvgIpc) is 2.95. The van der Waals surface area contributed by atoms with Gasteiger partial charge in [0.1, 0.15) is 11.6 Å². The van der Waals surface area contributed by atoms with Gasteiger partial charge in [-0.15, -0.1) is 0 Å². The number of nitrogen functional groups attached to an aromatic ring is 1. The van der Waals surface area contributed by atoms with E-state index in [1.807, 2.05) is 30.3 Å². The van der Waals surface area contributed by atoms with Crippen molar-refractivity contribution >= 4 is 23.4 Å². The Morgan fingerprint density at radius 2 is 1.63 bits per heavy atom. The number of hydrogen-bond donors (Lipinski definition) is 2. The number of carbonyl (C=O) groups is 1. The average molecular weight is 529 g/mol. The lowest BCUT2D eigenvalue weighted by molar-refractivity contribution is 0.0601. The number of nitrogens with zero attached hydrogens (tertiary/aromatic N) is 2. The summed E-state index contributed by atoms with van der Waals surface area (Å²) in [5, 5.41) is 10.0. The van der Waals surface area contributed by atoms with Gasteiger partial charge < -0.3 is 24.9 Å². The molecule has 0 radical (unpaired) electrons. The maximum atomic E-state index is 12.7. The van der Waals surface area contributed by atoms with Crippen molar-refractivity contribution in [2.24, 2.45) is 0 Å². The number of aromatic amines is 1. The summed E-state index contributed by atoms with van der Waals surface area (Å²) >= 11 is 1.34. The quantitative estimate of drug-likeness (QED) is 0.145. The van der Waals surface area contributed by atoms with Crippen LogP contribution in [0.15, 0.2) is 70.6 Å². The fraction of sp³-hybridized carbons (Fsp3) is 0.143. The smallest absolute Gasteiger partial charge is 0.338 e. The Hall–Kier alpha value is -4.75. The molecule has 0 saturated carbocycles. The van der Waals surface area contributed by atoms with Crippen LogP contribution in [0.3, 0.4) is 0 Å². The van der Waals surface area contributed by atoms with Gasteiger partial charge in [0.15, 0.2) is 16.7 Å². The van der Waals surface area contributed by atoms with Crippen LogP contribution in [0.5, 0.6) is 11.5 Å². The number of hydrogen-bond acceptors (Lipinski definition) is 9. The lowest BCUT2D eigenvalue weighted by Gasteiger charge is -2.14. The molecule has 3 aromatic carbocycles. The van der Waals surface area contributed by atoms with Gasteiger partial charge >= 0.3 is 5.97 Å². The second kappa shape index (κ2) is 11.5. The molecular weight excluding hydrogens is 504 g/mol. The van der Waals surface area contributed by atoms with Crippen LogP contribution in [0.2, 0.25) is 0 Å². The van der Waals surface area contributed by atoms with Gasteiger partial charge in [-0.1, -0.05) is 48.2 Å². The molecule has 0 aliphatic rings. The fourth-order valence-corrected chi connectivity index (χ4v) is 4.62. The largest absolute Gasteiger partial charge is 0.493 e. The predicted octanol–water partition coefficient (Wildman–Crippen LogP) is 4.65. The van der Waals surface area contributed by atoms with E-state index in [1.165, 1.54) is 33.1 Å². The number of thioether (sulfide) groups is 1. The molecule has 0 spiro atoms. The summed E-state index contributed by atoms with van der Waals surface area (Å²) in [6.07, 6.45) is 0. The summed E-state index contributed by atoms with van der Waals surface area (Å²) in [4.78, 5) is 32.4. The molecule has 0 saturated heterocycles. The molecule has 9 nitrogen and oxygen atoms in total. The number of nitriles is 1. The standard InChI is InChI=1S/C28H24N4O5S/c1-35-23-12-20(21(27(34)37-3)13-24(23)36-2)17-6-8-18(9-7-17)25-22(14-29)26(33)32-28(31-25)38-15-16-4-10-19(30)11-5-16/h4-13H,15,30H2,1-3H3,(H,31,32,33). The Balaban J connectivity index is 1.71. The van der Waals surface area contributed by atoms with Crippen LogP contribution in [-0.4, -0.2) is 37.3 Å². The summed E-state index contributed by atoms with van der Waals surface area (Å²) < 4.78 is 15.7. The zero-order chi connectivity index (χ0) is 27.2. The van der Waals surface area contributed by atoms with Crippen LogP contribution in [0.1, 0.15) is 21.5 Å². The van der Waals surface area contributed by atoms with E-state index in [9.17, 15) is 14.9 Å². The summed E-state index contributed by atoms with van der Waals surface area (Å²) in [5.41, 5.74) is 9.22. The number of nitrogens with one attached hydrogen (secondary N) is 1. The molecule has 0 atom stereocenters. The Bertz CT molecular complexity index is 1580. The molecule has 0 aliphatic carbocycles. The number of ether oxygens (including phenoxy) is 3. The van der Waals surface area contributed by atoms with E-state index in [0.717, 1.165) is 5.56 Å². The summed E-state index contributed by atoms with van der Waals surface area (Å²) in [6, 6.07) is 19.7. The third-order valence-corrected chi connectivity index (χ3v) is 6.71. The van der Waals surface area contributed by atoms with Gasteiger partial charge in [0.2, 0.25) is 0 Å². The molecule has 1 aromatic heterocycles. The van der Waals surface area contributed by atoms with Gasteiger partial charge in [-0.25, -0.2) is 9.78 Å². The number of H-pyrrole nitrogens is 1. The highest BCUT2D eigenvalue weighted by Crippen LogP contribution is 2.37.